The SMILES string of the molecule is COc1ccc(CC(=O)Nc2ccc3c(c2)OCC(=O)N3Cc2ccccc2F)cc1. The molecule has 0 spiro atoms. The summed E-state index contributed by atoms with van der Waals surface area (Å²) in [6.07, 6.45) is 0.208. The number of carbonyl (C=O) groups excluding carboxylic acids is 2. The average Bonchev–Trinajstić information content (AvgIpc) is 2.77. The number of hydrogen-bond acceptors (Lipinski definition) is 4. The van der Waals surface area contributed by atoms with Gasteiger partial charge in [-0.3, -0.25) is 9.59 Å². The van der Waals surface area contributed by atoms with Crippen LogP contribution < -0.4 is 19.7 Å². The minimum atomic E-state index is -0.370. The van der Waals surface area contributed by atoms with E-state index in [-0.39, 0.29) is 37.2 Å². The monoisotopic (exact) mass is 420 g/mol. The van der Waals surface area contributed by atoms with Gasteiger partial charge in [0.2, 0.25) is 5.91 Å². The summed E-state index contributed by atoms with van der Waals surface area (Å²) in [4.78, 5) is 26.3. The fourth-order valence-corrected chi connectivity index (χ4v) is 3.39. The van der Waals surface area contributed by atoms with Crippen molar-refractivity contribution in [2.24, 2.45) is 0 Å². The number of carbonyl (C=O) groups is 2. The number of methoxy groups -OCH3 is 1. The standard InChI is InChI=1S/C24H21FN2O4/c1-30-19-9-6-16(7-10-19)12-23(28)26-18-8-11-21-22(13-18)31-15-24(29)27(21)14-17-4-2-3-5-20(17)25/h2-11,13H,12,14-15H2,1H3,(H,26,28). The van der Waals surface area contributed by atoms with Crippen LogP contribution in [0.4, 0.5) is 15.8 Å². The maximum atomic E-state index is 14.1. The summed E-state index contributed by atoms with van der Waals surface area (Å²) < 4.78 is 24.7. The van der Waals surface area contributed by atoms with Crippen molar-refractivity contribution in [2.75, 3.05) is 23.9 Å². The smallest absolute Gasteiger partial charge is 0.265 e. The molecular formula is C24H21FN2O4. The largest absolute Gasteiger partial charge is 0.497 e. The zero-order valence-corrected chi connectivity index (χ0v) is 16.9. The van der Waals surface area contributed by atoms with E-state index in [1.165, 1.54) is 11.0 Å². The highest BCUT2D eigenvalue weighted by atomic mass is 19.1. The minimum Gasteiger partial charge on any atom is -0.497 e. The first-order valence-electron chi connectivity index (χ1n) is 9.77. The number of amides is 2. The Balaban J connectivity index is 1.48. The molecule has 0 fully saturated rings. The van der Waals surface area contributed by atoms with Gasteiger partial charge in [0.25, 0.3) is 5.91 Å². The predicted molar refractivity (Wildman–Crippen MR) is 115 cm³/mol. The number of fused-ring (bicyclic) bond motifs is 1. The van der Waals surface area contributed by atoms with E-state index in [9.17, 15) is 14.0 Å². The van der Waals surface area contributed by atoms with E-state index in [2.05, 4.69) is 5.32 Å². The van der Waals surface area contributed by atoms with Crippen LogP contribution in [0.5, 0.6) is 11.5 Å². The van der Waals surface area contributed by atoms with Crippen LogP contribution in [0.15, 0.2) is 66.7 Å². The molecule has 0 aliphatic carbocycles. The first-order valence-corrected chi connectivity index (χ1v) is 9.77. The van der Waals surface area contributed by atoms with Crippen LogP contribution in [0, 0.1) is 5.82 Å². The molecule has 0 saturated heterocycles. The van der Waals surface area contributed by atoms with Gasteiger partial charge in [0.1, 0.15) is 17.3 Å². The van der Waals surface area contributed by atoms with Crippen LogP contribution in [0.25, 0.3) is 0 Å². The molecule has 1 heterocycles. The number of ether oxygens (including phenoxy) is 2. The summed E-state index contributed by atoms with van der Waals surface area (Å²) in [6, 6.07) is 18.7. The van der Waals surface area contributed by atoms with E-state index in [4.69, 9.17) is 9.47 Å². The lowest BCUT2D eigenvalue weighted by atomic mass is 10.1. The summed E-state index contributed by atoms with van der Waals surface area (Å²) in [7, 11) is 1.59. The van der Waals surface area contributed by atoms with E-state index in [0.29, 0.717) is 22.7 Å². The Bertz CT molecular complexity index is 1110. The highest BCUT2D eigenvalue weighted by Crippen LogP contribution is 2.35. The van der Waals surface area contributed by atoms with Crippen molar-refractivity contribution in [3.05, 3.63) is 83.7 Å². The van der Waals surface area contributed by atoms with Crippen molar-refractivity contribution in [1.82, 2.24) is 0 Å². The molecule has 3 aromatic rings. The van der Waals surface area contributed by atoms with E-state index in [0.717, 1.165) is 11.3 Å². The molecule has 158 valence electrons. The molecule has 0 radical (unpaired) electrons. The summed E-state index contributed by atoms with van der Waals surface area (Å²) in [5, 5.41) is 2.84. The zero-order valence-electron chi connectivity index (χ0n) is 16.9. The van der Waals surface area contributed by atoms with Crippen LogP contribution in [-0.2, 0) is 22.6 Å². The van der Waals surface area contributed by atoms with Gasteiger partial charge < -0.3 is 19.7 Å². The second-order valence-electron chi connectivity index (χ2n) is 7.12. The number of benzene rings is 3. The van der Waals surface area contributed by atoms with Crippen LogP contribution in [0.3, 0.4) is 0 Å². The Morgan fingerprint density at radius 3 is 2.65 bits per heavy atom. The van der Waals surface area contributed by atoms with Gasteiger partial charge in [-0.1, -0.05) is 30.3 Å². The third-order valence-corrected chi connectivity index (χ3v) is 5.00. The molecule has 0 saturated carbocycles. The lowest BCUT2D eigenvalue weighted by molar-refractivity contribution is -0.121. The molecule has 6 nitrogen and oxygen atoms in total. The summed E-state index contributed by atoms with van der Waals surface area (Å²) in [5.41, 5.74) is 2.36. The summed E-state index contributed by atoms with van der Waals surface area (Å²) >= 11 is 0. The molecule has 0 bridgehead atoms. The fraction of sp³-hybridized carbons (Fsp3) is 0.167. The van der Waals surface area contributed by atoms with Crippen molar-refractivity contribution < 1.29 is 23.5 Å². The highest BCUT2D eigenvalue weighted by molar-refractivity contribution is 5.99. The Labute approximate surface area is 179 Å². The summed E-state index contributed by atoms with van der Waals surface area (Å²) in [6.45, 7) is -0.0459. The lowest BCUT2D eigenvalue weighted by Crippen LogP contribution is -2.38. The van der Waals surface area contributed by atoms with E-state index in [1.54, 1.807) is 55.6 Å². The normalized spacial score (nSPS) is 12.7. The second-order valence-corrected chi connectivity index (χ2v) is 7.12. The van der Waals surface area contributed by atoms with E-state index < -0.39 is 0 Å². The number of nitrogens with one attached hydrogen (secondary N) is 1. The lowest BCUT2D eigenvalue weighted by Gasteiger charge is -2.30. The number of rotatable bonds is 6. The van der Waals surface area contributed by atoms with E-state index >= 15 is 0 Å². The number of halogens is 1. The third-order valence-electron chi connectivity index (χ3n) is 5.00. The van der Waals surface area contributed by atoms with Gasteiger partial charge in [-0.2, -0.15) is 0 Å². The van der Waals surface area contributed by atoms with Crippen LogP contribution in [-0.4, -0.2) is 25.5 Å². The van der Waals surface area contributed by atoms with Crippen molar-refractivity contribution in [3.63, 3.8) is 0 Å². The van der Waals surface area contributed by atoms with Crippen molar-refractivity contribution in [3.8, 4) is 11.5 Å². The molecule has 0 aromatic heterocycles. The Morgan fingerprint density at radius 1 is 1.13 bits per heavy atom. The van der Waals surface area contributed by atoms with Gasteiger partial charge in [-0.25, -0.2) is 4.39 Å². The summed E-state index contributed by atoms with van der Waals surface area (Å²) in [5.74, 6) is 0.377. The van der Waals surface area contributed by atoms with Gasteiger partial charge in [0, 0.05) is 17.3 Å². The first-order chi connectivity index (χ1) is 15.0. The van der Waals surface area contributed by atoms with Gasteiger partial charge >= 0.3 is 0 Å². The van der Waals surface area contributed by atoms with Gasteiger partial charge in [-0.05, 0) is 35.9 Å². The third kappa shape index (κ3) is 4.66. The van der Waals surface area contributed by atoms with Crippen molar-refractivity contribution in [1.29, 1.82) is 0 Å². The average molecular weight is 420 g/mol. The Kier molecular flexibility index (Phi) is 5.84. The molecule has 0 atom stereocenters. The quantitative estimate of drug-likeness (QED) is 0.656. The van der Waals surface area contributed by atoms with Gasteiger partial charge in [0.15, 0.2) is 6.61 Å². The topological polar surface area (TPSA) is 67.9 Å². The molecule has 1 N–H and O–H groups in total. The molecular weight excluding hydrogens is 399 g/mol. The second kappa shape index (κ2) is 8.87. The number of nitrogens with zero attached hydrogens (tertiary/aromatic N) is 1. The van der Waals surface area contributed by atoms with Gasteiger partial charge in [-0.15, -0.1) is 0 Å². The highest BCUT2D eigenvalue weighted by Gasteiger charge is 2.26. The molecule has 0 unspecified atom stereocenters. The van der Waals surface area contributed by atoms with Crippen molar-refractivity contribution in [2.45, 2.75) is 13.0 Å². The number of anilines is 2. The van der Waals surface area contributed by atoms with E-state index in [1.807, 2.05) is 12.1 Å². The molecule has 3 aromatic carbocycles. The van der Waals surface area contributed by atoms with Gasteiger partial charge in [0.05, 0.1) is 25.8 Å². The van der Waals surface area contributed by atoms with Crippen LogP contribution in [0.2, 0.25) is 0 Å². The molecule has 4 rings (SSSR count). The minimum absolute atomic E-state index is 0.102. The fourth-order valence-electron chi connectivity index (χ4n) is 3.39. The molecule has 31 heavy (non-hydrogen) atoms. The molecule has 1 aliphatic heterocycles. The first kappa shape index (κ1) is 20.4. The zero-order chi connectivity index (χ0) is 21.8. The van der Waals surface area contributed by atoms with Crippen LogP contribution >= 0.6 is 0 Å². The number of hydrogen-bond donors (Lipinski definition) is 1. The molecule has 1 aliphatic rings. The maximum absolute atomic E-state index is 14.1. The Morgan fingerprint density at radius 2 is 1.90 bits per heavy atom. The molecule has 2 amide bonds. The van der Waals surface area contributed by atoms with Crippen LogP contribution in [0.1, 0.15) is 11.1 Å². The van der Waals surface area contributed by atoms with Crippen molar-refractivity contribution >= 4 is 23.2 Å². The predicted octanol–water partition coefficient (Wildman–Crippen LogP) is 3.94. The Hall–Kier alpha value is -3.87. The molecule has 7 heteroatoms. The maximum Gasteiger partial charge on any atom is 0.265 e.